The van der Waals surface area contributed by atoms with Crippen molar-refractivity contribution in [3.8, 4) is 5.75 Å². The fraction of sp³-hybridized carbons (Fsp3) is 0.357. The van der Waals surface area contributed by atoms with Crippen LogP contribution in [0.25, 0.3) is 0 Å². The molecule has 1 saturated heterocycles. The molecule has 2 aliphatic heterocycles. The highest BCUT2D eigenvalue weighted by atomic mass is 16.5. The molecule has 2 heterocycles. The molecule has 3 aromatic rings. The Bertz CT molecular complexity index is 958. The zero-order valence-electron chi connectivity index (χ0n) is 19.0. The number of nitrogens with zero attached hydrogens (tertiary/aromatic N) is 3. The largest absolute Gasteiger partial charge is 0.475 e. The van der Waals surface area contributed by atoms with E-state index >= 15 is 0 Å². The van der Waals surface area contributed by atoms with Crippen molar-refractivity contribution in [2.45, 2.75) is 32.2 Å². The monoisotopic (exact) mass is 427 g/mol. The van der Waals surface area contributed by atoms with E-state index in [9.17, 15) is 0 Å². The number of fused-ring (bicyclic) bond motifs is 1. The lowest BCUT2D eigenvalue weighted by atomic mass is 10.0. The lowest BCUT2D eigenvalue weighted by Gasteiger charge is -2.39. The summed E-state index contributed by atoms with van der Waals surface area (Å²) in [5.41, 5.74) is 5.40. The van der Waals surface area contributed by atoms with Gasteiger partial charge < -0.3 is 14.5 Å². The van der Waals surface area contributed by atoms with Crippen LogP contribution in [-0.4, -0.2) is 49.3 Å². The number of rotatable bonds is 6. The van der Waals surface area contributed by atoms with Crippen molar-refractivity contribution < 1.29 is 4.74 Å². The predicted octanol–water partition coefficient (Wildman–Crippen LogP) is 4.79. The number of likely N-dealkylation sites (N-methyl/N-ethyl adjacent to an activating group) is 1. The molecule has 0 bridgehead atoms. The third-order valence-electron chi connectivity index (χ3n) is 6.72. The van der Waals surface area contributed by atoms with Crippen LogP contribution in [0.4, 0.5) is 5.69 Å². The Morgan fingerprint density at radius 1 is 0.781 bits per heavy atom. The first kappa shape index (κ1) is 21.0. The third-order valence-corrected chi connectivity index (χ3v) is 6.72. The number of benzene rings is 3. The van der Waals surface area contributed by atoms with Gasteiger partial charge >= 0.3 is 0 Å². The molecular formula is C28H33N3O. The minimum Gasteiger partial charge on any atom is -0.475 e. The van der Waals surface area contributed by atoms with Gasteiger partial charge in [0.2, 0.25) is 0 Å². The highest BCUT2D eigenvalue weighted by Crippen LogP contribution is 2.37. The van der Waals surface area contributed by atoms with Gasteiger partial charge in [0.25, 0.3) is 0 Å². The molecule has 1 unspecified atom stereocenters. The van der Waals surface area contributed by atoms with Gasteiger partial charge in [0.05, 0.1) is 0 Å². The molecule has 166 valence electrons. The smallest absolute Gasteiger partial charge is 0.153 e. The maximum atomic E-state index is 6.68. The maximum Gasteiger partial charge on any atom is 0.153 e. The molecule has 0 amide bonds. The lowest BCUT2D eigenvalue weighted by Crippen LogP contribution is -2.45. The van der Waals surface area contributed by atoms with Gasteiger partial charge in [-0.2, -0.15) is 0 Å². The summed E-state index contributed by atoms with van der Waals surface area (Å²) in [6.07, 6.45) is 2.14. The average molecular weight is 428 g/mol. The van der Waals surface area contributed by atoms with Gasteiger partial charge in [0, 0.05) is 56.9 Å². The number of anilines is 1. The molecule has 0 spiro atoms. The summed E-state index contributed by atoms with van der Waals surface area (Å²) < 4.78 is 6.68. The predicted molar refractivity (Wildman–Crippen MR) is 131 cm³/mol. The Morgan fingerprint density at radius 3 is 2.03 bits per heavy atom. The van der Waals surface area contributed by atoms with Gasteiger partial charge in [-0.1, -0.05) is 66.7 Å². The van der Waals surface area contributed by atoms with Gasteiger partial charge in [-0.05, 0) is 36.7 Å². The van der Waals surface area contributed by atoms with E-state index in [1.54, 1.807) is 0 Å². The molecule has 4 nitrogen and oxygen atoms in total. The maximum absolute atomic E-state index is 6.68. The second kappa shape index (κ2) is 9.76. The van der Waals surface area contributed by atoms with Crippen LogP contribution in [-0.2, 0) is 19.5 Å². The first-order valence-electron chi connectivity index (χ1n) is 11.8. The van der Waals surface area contributed by atoms with Gasteiger partial charge in [-0.15, -0.1) is 0 Å². The Morgan fingerprint density at radius 2 is 1.41 bits per heavy atom. The standard InChI is InChI=1S/C28H33N3O/c1-29-17-19-30(20-18-29)26-13-8-14-27-25(26)15-16-28(32-27)31(21-23-9-4-2-5-10-23)22-24-11-6-3-7-12-24/h2-14,28H,15-22H2,1H3. The Hall–Kier alpha value is -2.82. The van der Waals surface area contributed by atoms with E-state index in [2.05, 4.69) is 101 Å². The molecule has 1 fully saturated rings. The molecule has 5 rings (SSSR count). The first-order chi connectivity index (χ1) is 15.8. The van der Waals surface area contributed by atoms with Crippen molar-refractivity contribution in [3.63, 3.8) is 0 Å². The van der Waals surface area contributed by atoms with Crippen molar-refractivity contribution in [3.05, 3.63) is 95.6 Å². The Balaban J connectivity index is 1.37. The number of hydrogen-bond acceptors (Lipinski definition) is 4. The van der Waals surface area contributed by atoms with E-state index in [1.165, 1.54) is 22.4 Å². The van der Waals surface area contributed by atoms with Crippen LogP contribution in [0.2, 0.25) is 0 Å². The number of hydrogen-bond donors (Lipinski definition) is 0. The van der Waals surface area contributed by atoms with E-state index in [0.717, 1.165) is 57.9 Å². The summed E-state index contributed by atoms with van der Waals surface area (Å²) >= 11 is 0. The van der Waals surface area contributed by atoms with E-state index in [1.807, 2.05) is 0 Å². The molecule has 0 saturated carbocycles. The zero-order chi connectivity index (χ0) is 21.8. The second-order valence-electron chi connectivity index (χ2n) is 9.03. The van der Waals surface area contributed by atoms with Crippen LogP contribution < -0.4 is 9.64 Å². The molecule has 32 heavy (non-hydrogen) atoms. The molecule has 1 atom stereocenters. The highest BCUT2D eigenvalue weighted by molar-refractivity contribution is 5.60. The molecule has 3 aromatic carbocycles. The molecule has 0 N–H and O–H groups in total. The fourth-order valence-corrected chi connectivity index (χ4v) is 4.89. The lowest BCUT2D eigenvalue weighted by molar-refractivity contribution is -0.00218. The van der Waals surface area contributed by atoms with Crippen molar-refractivity contribution in [2.75, 3.05) is 38.1 Å². The van der Waals surface area contributed by atoms with Crippen molar-refractivity contribution in [1.82, 2.24) is 9.80 Å². The number of piperazine rings is 1. The van der Waals surface area contributed by atoms with Crippen LogP contribution in [0.15, 0.2) is 78.9 Å². The van der Waals surface area contributed by atoms with Gasteiger partial charge in [0.15, 0.2) is 6.23 Å². The van der Waals surface area contributed by atoms with Gasteiger partial charge in [0.1, 0.15) is 5.75 Å². The fourth-order valence-electron chi connectivity index (χ4n) is 4.89. The van der Waals surface area contributed by atoms with Crippen LogP contribution in [0.5, 0.6) is 5.75 Å². The molecule has 0 radical (unpaired) electrons. The van der Waals surface area contributed by atoms with E-state index in [4.69, 9.17) is 4.74 Å². The first-order valence-corrected chi connectivity index (χ1v) is 11.8. The summed E-state index contributed by atoms with van der Waals surface area (Å²) in [6.45, 7) is 6.18. The molecular weight excluding hydrogens is 394 g/mol. The number of ether oxygens (including phenoxy) is 1. The van der Waals surface area contributed by atoms with E-state index in [-0.39, 0.29) is 6.23 Å². The molecule has 4 heteroatoms. The summed E-state index contributed by atoms with van der Waals surface area (Å²) in [7, 11) is 2.21. The summed E-state index contributed by atoms with van der Waals surface area (Å²) in [5, 5.41) is 0. The highest BCUT2D eigenvalue weighted by Gasteiger charge is 2.29. The van der Waals surface area contributed by atoms with Crippen LogP contribution >= 0.6 is 0 Å². The van der Waals surface area contributed by atoms with Gasteiger partial charge in [-0.25, -0.2) is 0 Å². The van der Waals surface area contributed by atoms with E-state index in [0.29, 0.717) is 0 Å². The molecule has 0 aliphatic carbocycles. The summed E-state index contributed by atoms with van der Waals surface area (Å²) in [6, 6.07) is 28.1. The van der Waals surface area contributed by atoms with E-state index < -0.39 is 0 Å². The average Bonchev–Trinajstić information content (AvgIpc) is 2.85. The summed E-state index contributed by atoms with van der Waals surface area (Å²) in [4.78, 5) is 7.42. The van der Waals surface area contributed by atoms with Crippen molar-refractivity contribution in [2.24, 2.45) is 0 Å². The van der Waals surface area contributed by atoms with Crippen molar-refractivity contribution in [1.29, 1.82) is 0 Å². The normalized spacial score (nSPS) is 18.9. The van der Waals surface area contributed by atoms with Crippen LogP contribution in [0.3, 0.4) is 0 Å². The Labute approximate surface area is 192 Å². The SMILES string of the molecule is CN1CCN(c2cccc3c2CCC(N(Cc2ccccc2)Cc2ccccc2)O3)CC1. The second-order valence-corrected chi connectivity index (χ2v) is 9.03. The third kappa shape index (κ3) is 4.82. The summed E-state index contributed by atoms with van der Waals surface area (Å²) in [5.74, 6) is 1.06. The minimum atomic E-state index is 0.0747. The molecule has 2 aliphatic rings. The van der Waals surface area contributed by atoms with Crippen molar-refractivity contribution >= 4 is 5.69 Å². The van der Waals surface area contributed by atoms with Crippen LogP contribution in [0.1, 0.15) is 23.1 Å². The minimum absolute atomic E-state index is 0.0747. The zero-order valence-corrected chi connectivity index (χ0v) is 19.0. The quantitative estimate of drug-likeness (QED) is 0.563. The Kier molecular flexibility index (Phi) is 6.42. The van der Waals surface area contributed by atoms with Crippen LogP contribution in [0, 0.1) is 0 Å². The van der Waals surface area contributed by atoms with Gasteiger partial charge in [-0.3, -0.25) is 4.90 Å². The topological polar surface area (TPSA) is 19.0 Å². The molecule has 0 aromatic heterocycles.